The molecule has 0 aliphatic heterocycles. The lowest BCUT2D eigenvalue weighted by Crippen LogP contribution is -1.99. The summed E-state index contributed by atoms with van der Waals surface area (Å²) in [4.78, 5) is 3.57. The highest BCUT2D eigenvalue weighted by Crippen LogP contribution is 2.32. The molecule has 0 amide bonds. The van der Waals surface area contributed by atoms with Crippen molar-refractivity contribution < 1.29 is 4.42 Å². The number of fused-ring (bicyclic) bond motifs is 3. The SMILES string of the molecule is c1cc(-c2ccc3[nH]c4c(c3c2)CCCC4)co1. The summed E-state index contributed by atoms with van der Waals surface area (Å²) in [5.74, 6) is 0. The van der Waals surface area contributed by atoms with Crippen LogP contribution in [0, 0.1) is 0 Å². The summed E-state index contributed by atoms with van der Waals surface area (Å²) in [7, 11) is 0. The van der Waals surface area contributed by atoms with E-state index in [0.29, 0.717) is 0 Å². The van der Waals surface area contributed by atoms with Crippen LogP contribution in [0.3, 0.4) is 0 Å². The van der Waals surface area contributed by atoms with Crippen LogP contribution >= 0.6 is 0 Å². The fourth-order valence-corrected chi connectivity index (χ4v) is 3.01. The Bertz CT molecular complexity index is 691. The van der Waals surface area contributed by atoms with Crippen molar-refractivity contribution >= 4 is 10.9 Å². The van der Waals surface area contributed by atoms with Gasteiger partial charge in [0, 0.05) is 22.2 Å². The van der Waals surface area contributed by atoms with Gasteiger partial charge >= 0.3 is 0 Å². The molecule has 18 heavy (non-hydrogen) atoms. The highest BCUT2D eigenvalue weighted by atomic mass is 16.3. The van der Waals surface area contributed by atoms with Gasteiger partial charge in [0.2, 0.25) is 0 Å². The summed E-state index contributed by atoms with van der Waals surface area (Å²) >= 11 is 0. The minimum absolute atomic E-state index is 1.16. The van der Waals surface area contributed by atoms with E-state index in [-0.39, 0.29) is 0 Å². The molecule has 0 atom stereocenters. The van der Waals surface area contributed by atoms with Crippen LogP contribution in [0.5, 0.6) is 0 Å². The quantitative estimate of drug-likeness (QED) is 0.671. The van der Waals surface area contributed by atoms with Gasteiger partial charge in [-0.3, -0.25) is 0 Å². The lowest BCUT2D eigenvalue weighted by molar-refractivity contribution is 0.568. The number of benzene rings is 1. The zero-order valence-corrected chi connectivity index (χ0v) is 10.2. The summed E-state index contributed by atoms with van der Waals surface area (Å²) in [6, 6.07) is 8.66. The molecule has 2 heterocycles. The van der Waals surface area contributed by atoms with E-state index in [1.807, 2.05) is 6.07 Å². The number of hydrogen-bond donors (Lipinski definition) is 1. The molecule has 2 heteroatoms. The molecule has 2 nitrogen and oxygen atoms in total. The summed E-state index contributed by atoms with van der Waals surface area (Å²) < 4.78 is 5.17. The van der Waals surface area contributed by atoms with Crippen molar-refractivity contribution in [1.29, 1.82) is 0 Å². The Labute approximate surface area is 106 Å². The number of H-pyrrole nitrogens is 1. The van der Waals surface area contributed by atoms with Crippen molar-refractivity contribution in [2.24, 2.45) is 0 Å². The Kier molecular flexibility index (Phi) is 2.10. The normalized spacial score (nSPS) is 14.9. The van der Waals surface area contributed by atoms with Crippen LogP contribution in [0.25, 0.3) is 22.0 Å². The number of nitrogens with one attached hydrogen (secondary N) is 1. The number of rotatable bonds is 1. The zero-order valence-electron chi connectivity index (χ0n) is 10.2. The van der Waals surface area contributed by atoms with Crippen LogP contribution in [-0.4, -0.2) is 4.98 Å². The summed E-state index contributed by atoms with van der Waals surface area (Å²) in [6.07, 6.45) is 8.58. The molecule has 0 radical (unpaired) electrons. The monoisotopic (exact) mass is 237 g/mol. The van der Waals surface area contributed by atoms with Gasteiger partial charge in [0.05, 0.1) is 12.5 Å². The minimum Gasteiger partial charge on any atom is -0.472 e. The molecular formula is C16H15NO. The van der Waals surface area contributed by atoms with Crippen LogP contribution in [-0.2, 0) is 12.8 Å². The maximum atomic E-state index is 5.17. The standard InChI is InChI=1S/C16H15NO/c1-2-4-15-13(3-1)14-9-11(5-6-16(14)17-15)12-7-8-18-10-12/h5-10,17H,1-4H2. The molecule has 1 aliphatic rings. The lowest BCUT2D eigenvalue weighted by atomic mass is 9.94. The molecule has 90 valence electrons. The molecule has 0 unspecified atom stereocenters. The van der Waals surface area contributed by atoms with Gasteiger partial charge in [-0.05, 0) is 55.0 Å². The van der Waals surface area contributed by atoms with E-state index >= 15 is 0 Å². The van der Waals surface area contributed by atoms with Crippen LogP contribution in [0.1, 0.15) is 24.1 Å². The first-order chi connectivity index (χ1) is 8.92. The maximum absolute atomic E-state index is 5.17. The van der Waals surface area contributed by atoms with E-state index in [1.54, 1.807) is 12.5 Å². The third kappa shape index (κ3) is 1.42. The van der Waals surface area contributed by atoms with E-state index in [9.17, 15) is 0 Å². The smallest absolute Gasteiger partial charge is 0.0980 e. The van der Waals surface area contributed by atoms with Crippen LogP contribution < -0.4 is 0 Å². The highest BCUT2D eigenvalue weighted by molar-refractivity contribution is 5.89. The van der Waals surface area contributed by atoms with Crippen LogP contribution in [0.4, 0.5) is 0 Å². The van der Waals surface area contributed by atoms with E-state index in [0.717, 1.165) is 5.56 Å². The van der Waals surface area contributed by atoms with Crippen molar-refractivity contribution in [3.63, 3.8) is 0 Å². The van der Waals surface area contributed by atoms with Gasteiger partial charge < -0.3 is 9.40 Å². The Morgan fingerprint density at radius 2 is 1.94 bits per heavy atom. The van der Waals surface area contributed by atoms with Crippen LogP contribution in [0.2, 0.25) is 0 Å². The van der Waals surface area contributed by atoms with Crippen molar-refractivity contribution in [3.8, 4) is 11.1 Å². The largest absolute Gasteiger partial charge is 0.472 e. The van der Waals surface area contributed by atoms with E-state index in [2.05, 4.69) is 23.2 Å². The molecule has 0 saturated carbocycles. The Balaban J connectivity index is 1.94. The molecule has 0 spiro atoms. The van der Waals surface area contributed by atoms with Gasteiger partial charge in [0.15, 0.2) is 0 Å². The lowest BCUT2D eigenvalue weighted by Gasteiger charge is -2.10. The molecule has 0 bridgehead atoms. The second-order valence-corrected chi connectivity index (χ2v) is 5.06. The van der Waals surface area contributed by atoms with E-state index < -0.39 is 0 Å². The summed E-state index contributed by atoms with van der Waals surface area (Å²) in [6.45, 7) is 0. The predicted octanol–water partition coefficient (Wildman–Crippen LogP) is 4.31. The Morgan fingerprint density at radius 3 is 2.83 bits per heavy atom. The fourth-order valence-electron chi connectivity index (χ4n) is 3.01. The number of aromatic nitrogens is 1. The Hall–Kier alpha value is -1.96. The molecule has 0 fully saturated rings. The fraction of sp³-hybridized carbons (Fsp3) is 0.250. The molecule has 4 rings (SSSR count). The van der Waals surface area contributed by atoms with Gasteiger partial charge in [-0.15, -0.1) is 0 Å². The average Bonchev–Trinajstić information content (AvgIpc) is 3.05. The highest BCUT2D eigenvalue weighted by Gasteiger charge is 2.15. The van der Waals surface area contributed by atoms with Gasteiger partial charge in [0.25, 0.3) is 0 Å². The molecule has 1 aliphatic carbocycles. The molecule has 2 aromatic heterocycles. The molecule has 1 N–H and O–H groups in total. The maximum Gasteiger partial charge on any atom is 0.0980 e. The third-order valence-electron chi connectivity index (χ3n) is 3.95. The van der Waals surface area contributed by atoms with E-state index in [1.165, 1.54) is 53.4 Å². The summed E-state index contributed by atoms with van der Waals surface area (Å²) in [5.41, 5.74) is 6.64. The first-order valence-corrected chi connectivity index (χ1v) is 6.58. The minimum atomic E-state index is 1.16. The number of aromatic amines is 1. The third-order valence-corrected chi connectivity index (χ3v) is 3.95. The second-order valence-electron chi connectivity index (χ2n) is 5.06. The van der Waals surface area contributed by atoms with Gasteiger partial charge in [-0.2, -0.15) is 0 Å². The van der Waals surface area contributed by atoms with E-state index in [4.69, 9.17) is 4.42 Å². The topological polar surface area (TPSA) is 28.9 Å². The van der Waals surface area contributed by atoms with Crippen molar-refractivity contribution in [1.82, 2.24) is 4.98 Å². The van der Waals surface area contributed by atoms with Crippen molar-refractivity contribution in [3.05, 3.63) is 48.0 Å². The van der Waals surface area contributed by atoms with Gasteiger partial charge in [0.1, 0.15) is 0 Å². The average molecular weight is 237 g/mol. The number of hydrogen-bond acceptors (Lipinski definition) is 1. The summed E-state index contributed by atoms with van der Waals surface area (Å²) in [5, 5.41) is 1.39. The number of aryl methyl sites for hydroxylation is 2. The van der Waals surface area contributed by atoms with Crippen molar-refractivity contribution in [2.45, 2.75) is 25.7 Å². The molecule has 0 saturated heterocycles. The van der Waals surface area contributed by atoms with Gasteiger partial charge in [-0.25, -0.2) is 0 Å². The van der Waals surface area contributed by atoms with Gasteiger partial charge in [-0.1, -0.05) is 6.07 Å². The first-order valence-electron chi connectivity index (χ1n) is 6.58. The molecule has 1 aromatic carbocycles. The number of furan rings is 1. The first kappa shape index (κ1) is 10.0. The zero-order chi connectivity index (χ0) is 11.9. The van der Waals surface area contributed by atoms with Crippen LogP contribution in [0.15, 0.2) is 41.2 Å². The molecule has 3 aromatic rings. The Morgan fingerprint density at radius 1 is 1.00 bits per heavy atom. The second kappa shape index (κ2) is 3.77. The van der Waals surface area contributed by atoms with Crippen molar-refractivity contribution in [2.75, 3.05) is 0 Å². The molecular weight excluding hydrogens is 222 g/mol. The predicted molar refractivity (Wildman–Crippen MR) is 72.6 cm³/mol.